The number of ether oxygens (including phenoxy) is 1. The van der Waals surface area contributed by atoms with Crippen LogP contribution in [0.1, 0.15) is 16.7 Å². The summed E-state index contributed by atoms with van der Waals surface area (Å²) in [4.78, 5) is 15.6. The van der Waals surface area contributed by atoms with Gasteiger partial charge in [0, 0.05) is 23.6 Å². The first-order valence-corrected chi connectivity index (χ1v) is 10.5. The highest BCUT2D eigenvalue weighted by atomic mass is 35.5. The lowest BCUT2D eigenvalue weighted by atomic mass is 10.0. The summed E-state index contributed by atoms with van der Waals surface area (Å²) in [6.45, 7) is 1.09. The molecule has 4 aromatic rings. The molecule has 1 amide bonds. The molecule has 0 spiro atoms. The van der Waals surface area contributed by atoms with Crippen LogP contribution in [0.5, 0.6) is 5.75 Å². The molecule has 0 aliphatic carbocycles. The summed E-state index contributed by atoms with van der Waals surface area (Å²) in [6, 6.07) is 25.5. The van der Waals surface area contributed by atoms with Crippen LogP contribution < -0.4 is 15.8 Å². The van der Waals surface area contributed by atoms with E-state index >= 15 is 0 Å². The fourth-order valence-electron chi connectivity index (χ4n) is 3.58. The number of aromatic amines is 1. The van der Waals surface area contributed by atoms with Gasteiger partial charge in [0.05, 0.1) is 6.04 Å². The van der Waals surface area contributed by atoms with E-state index in [1.54, 1.807) is 0 Å². The Morgan fingerprint density at radius 1 is 0.938 bits per heavy atom. The molecule has 166 valence electrons. The highest BCUT2D eigenvalue weighted by molar-refractivity contribution is 5.86. The molecule has 1 heterocycles. The second-order valence-corrected chi connectivity index (χ2v) is 7.63. The van der Waals surface area contributed by atoms with Crippen molar-refractivity contribution >= 4 is 29.2 Å². The van der Waals surface area contributed by atoms with Gasteiger partial charge in [-0.2, -0.15) is 0 Å². The SMILES string of the molecule is Cl.N[C@@H](Cc1c[nH]c2ccccc12)C(=O)NCCc1ccc(OCc2ccccc2)cc1. The molecular weight excluding hydrogens is 422 g/mol. The first-order chi connectivity index (χ1) is 15.2. The minimum Gasteiger partial charge on any atom is -0.489 e. The maximum absolute atomic E-state index is 12.4. The number of carbonyl (C=O) groups excluding carboxylic acids is 1. The minimum absolute atomic E-state index is 0. The van der Waals surface area contributed by atoms with Crippen molar-refractivity contribution in [2.75, 3.05) is 6.54 Å². The van der Waals surface area contributed by atoms with Gasteiger partial charge >= 0.3 is 0 Å². The molecule has 32 heavy (non-hydrogen) atoms. The molecule has 1 atom stereocenters. The van der Waals surface area contributed by atoms with Gasteiger partial charge in [-0.25, -0.2) is 0 Å². The Morgan fingerprint density at radius 2 is 1.66 bits per heavy atom. The van der Waals surface area contributed by atoms with Crippen molar-refractivity contribution in [1.82, 2.24) is 10.3 Å². The number of halogens is 1. The molecule has 5 nitrogen and oxygen atoms in total. The monoisotopic (exact) mass is 449 g/mol. The molecule has 4 N–H and O–H groups in total. The number of fused-ring (bicyclic) bond motifs is 1. The second-order valence-electron chi connectivity index (χ2n) is 7.63. The summed E-state index contributed by atoms with van der Waals surface area (Å²) in [5.41, 5.74) is 10.5. The number of hydrogen-bond donors (Lipinski definition) is 3. The molecule has 0 fully saturated rings. The van der Waals surface area contributed by atoms with Gasteiger partial charge in [0.1, 0.15) is 12.4 Å². The molecule has 0 saturated heterocycles. The Balaban J connectivity index is 0.00000289. The molecule has 0 bridgehead atoms. The highest BCUT2D eigenvalue weighted by Gasteiger charge is 2.15. The molecular formula is C26H28ClN3O2. The van der Waals surface area contributed by atoms with Crippen molar-refractivity contribution in [3.05, 3.63) is 102 Å². The van der Waals surface area contributed by atoms with Gasteiger partial charge in [-0.05, 0) is 47.7 Å². The fourth-order valence-corrected chi connectivity index (χ4v) is 3.58. The summed E-state index contributed by atoms with van der Waals surface area (Å²) in [7, 11) is 0. The third-order valence-electron chi connectivity index (χ3n) is 5.34. The number of rotatable bonds is 9. The van der Waals surface area contributed by atoms with Gasteiger partial charge in [-0.3, -0.25) is 4.79 Å². The van der Waals surface area contributed by atoms with Gasteiger partial charge in [-0.15, -0.1) is 12.4 Å². The molecule has 0 saturated carbocycles. The fraction of sp³-hybridized carbons (Fsp3) is 0.192. The van der Waals surface area contributed by atoms with Crippen LogP contribution in [0.25, 0.3) is 10.9 Å². The zero-order chi connectivity index (χ0) is 21.5. The second kappa shape index (κ2) is 11.4. The third kappa shape index (κ3) is 6.13. The predicted octanol–water partition coefficient (Wildman–Crippen LogP) is 4.40. The van der Waals surface area contributed by atoms with Crippen LogP contribution in [0.4, 0.5) is 0 Å². The zero-order valence-corrected chi connectivity index (χ0v) is 18.6. The first kappa shape index (κ1) is 23.4. The average molecular weight is 450 g/mol. The number of nitrogens with two attached hydrogens (primary N) is 1. The van der Waals surface area contributed by atoms with E-state index < -0.39 is 6.04 Å². The first-order valence-electron chi connectivity index (χ1n) is 10.5. The maximum atomic E-state index is 12.4. The summed E-state index contributed by atoms with van der Waals surface area (Å²) in [5, 5.41) is 4.06. The predicted molar refractivity (Wildman–Crippen MR) is 131 cm³/mol. The van der Waals surface area contributed by atoms with Crippen molar-refractivity contribution in [3.63, 3.8) is 0 Å². The lowest BCUT2D eigenvalue weighted by molar-refractivity contribution is -0.122. The molecule has 3 aromatic carbocycles. The van der Waals surface area contributed by atoms with Gasteiger partial charge in [0.25, 0.3) is 0 Å². The van der Waals surface area contributed by atoms with Crippen LogP contribution in [0, 0.1) is 0 Å². The molecule has 4 rings (SSSR count). The average Bonchev–Trinajstić information content (AvgIpc) is 3.22. The number of amides is 1. The number of carbonyl (C=O) groups is 1. The van der Waals surface area contributed by atoms with Crippen LogP contribution in [-0.4, -0.2) is 23.5 Å². The van der Waals surface area contributed by atoms with E-state index in [9.17, 15) is 4.79 Å². The van der Waals surface area contributed by atoms with Crippen molar-refractivity contribution in [2.24, 2.45) is 5.73 Å². The summed E-state index contributed by atoms with van der Waals surface area (Å²) in [6.07, 6.45) is 3.17. The largest absolute Gasteiger partial charge is 0.489 e. The topological polar surface area (TPSA) is 80.1 Å². The number of nitrogens with one attached hydrogen (secondary N) is 2. The van der Waals surface area contributed by atoms with Gasteiger partial charge in [-0.1, -0.05) is 60.7 Å². The van der Waals surface area contributed by atoms with Gasteiger partial charge < -0.3 is 20.8 Å². The normalized spacial score (nSPS) is 11.5. The van der Waals surface area contributed by atoms with E-state index in [4.69, 9.17) is 10.5 Å². The molecule has 0 aliphatic heterocycles. The number of H-pyrrole nitrogens is 1. The lowest BCUT2D eigenvalue weighted by Gasteiger charge is -2.12. The third-order valence-corrected chi connectivity index (χ3v) is 5.34. The van der Waals surface area contributed by atoms with Crippen molar-refractivity contribution in [3.8, 4) is 5.75 Å². The van der Waals surface area contributed by atoms with E-state index in [2.05, 4.69) is 10.3 Å². The molecule has 0 unspecified atom stereocenters. The number of hydrogen-bond acceptors (Lipinski definition) is 3. The Hall–Kier alpha value is -3.28. The summed E-state index contributed by atoms with van der Waals surface area (Å²) < 4.78 is 5.81. The van der Waals surface area contributed by atoms with Crippen LogP contribution in [-0.2, 0) is 24.2 Å². The Bertz CT molecular complexity index is 1130. The van der Waals surface area contributed by atoms with Crippen molar-refractivity contribution < 1.29 is 9.53 Å². The molecule has 0 aliphatic rings. The van der Waals surface area contributed by atoms with Crippen LogP contribution >= 0.6 is 12.4 Å². The van der Waals surface area contributed by atoms with Crippen molar-refractivity contribution in [2.45, 2.75) is 25.5 Å². The van der Waals surface area contributed by atoms with E-state index in [0.29, 0.717) is 19.6 Å². The Labute approximate surface area is 194 Å². The molecule has 1 aromatic heterocycles. The summed E-state index contributed by atoms with van der Waals surface area (Å²) in [5.74, 6) is 0.700. The van der Waals surface area contributed by atoms with Crippen LogP contribution in [0.2, 0.25) is 0 Å². The maximum Gasteiger partial charge on any atom is 0.237 e. The van der Waals surface area contributed by atoms with Gasteiger partial charge in [0.15, 0.2) is 0 Å². The van der Waals surface area contributed by atoms with E-state index in [1.807, 2.05) is 85.1 Å². The van der Waals surface area contributed by atoms with E-state index in [-0.39, 0.29) is 18.3 Å². The Morgan fingerprint density at radius 3 is 2.44 bits per heavy atom. The van der Waals surface area contributed by atoms with E-state index in [0.717, 1.165) is 39.8 Å². The number of aromatic nitrogens is 1. The minimum atomic E-state index is -0.576. The highest BCUT2D eigenvalue weighted by Crippen LogP contribution is 2.19. The van der Waals surface area contributed by atoms with Crippen molar-refractivity contribution in [1.29, 1.82) is 0 Å². The van der Waals surface area contributed by atoms with Crippen LogP contribution in [0.3, 0.4) is 0 Å². The quantitative estimate of drug-likeness (QED) is 0.354. The number of para-hydroxylation sites is 1. The smallest absolute Gasteiger partial charge is 0.237 e. The number of benzene rings is 3. The lowest BCUT2D eigenvalue weighted by Crippen LogP contribution is -2.42. The molecule has 0 radical (unpaired) electrons. The van der Waals surface area contributed by atoms with Gasteiger partial charge in [0.2, 0.25) is 5.91 Å². The van der Waals surface area contributed by atoms with E-state index in [1.165, 1.54) is 0 Å². The standard InChI is InChI=1S/C26H27N3O2.ClH/c27-24(16-21-17-29-25-9-5-4-8-23(21)25)26(30)28-15-14-19-10-12-22(13-11-19)31-18-20-6-2-1-3-7-20;/h1-13,17,24,29H,14-16,18,27H2,(H,28,30);1H/t24-;/m0./s1. The van der Waals surface area contributed by atoms with Crippen LogP contribution in [0.15, 0.2) is 85.1 Å². The summed E-state index contributed by atoms with van der Waals surface area (Å²) >= 11 is 0. The Kier molecular flexibility index (Phi) is 8.31. The molecule has 6 heteroatoms. The zero-order valence-electron chi connectivity index (χ0n) is 17.8.